The van der Waals surface area contributed by atoms with E-state index in [1.165, 1.54) is 14.2 Å². The molecule has 0 aromatic heterocycles. The zero-order valence-electron chi connectivity index (χ0n) is 9.93. The van der Waals surface area contributed by atoms with Gasteiger partial charge in [0.1, 0.15) is 17.1 Å². The zero-order chi connectivity index (χ0) is 12.7. The molecule has 0 saturated carbocycles. The van der Waals surface area contributed by atoms with Crippen LogP contribution < -0.4 is 9.47 Å². The Labute approximate surface area is 99.9 Å². The van der Waals surface area contributed by atoms with E-state index in [-0.39, 0.29) is 13.2 Å². The molecule has 0 atom stereocenters. The van der Waals surface area contributed by atoms with Gasteiger partial charge >= 0.3 is 5.97 Å². The number of carbonyl (C=O) groups excluding carboxylic acids is 1. The number of aliphatic hydroxyl groups is 1. The summed E-state index contributed by atoms with van der Waals surface area (Å²) in [6, 6.07) is 4.85. The lowest BCUT2D eigenvalue weighted by Crippen LogP contribution is -2.09. The van der Waals surface area contributed by atoms with Crippen LogP contribution in [0.3, 0.4) is 0 Å². The van der Waals surface area contributed by atoms with Gasteiger partial charge in [-0.25, -0.2) is 4.79 Å². The molecule has 0 unspecified atom stereocenters. The Bertz CT molecular complexity index is 375. The summed E-state index contributed by atoms with van der Waals surface area (Å²) < 4.78 is 15.1. The average Bonchev–Trinajstić information content (AvgIpc) is 2.38. The summed E-state index contributed by atoms with van der Waals surface area (Å²) in [5, 5.41) is 8.59. The molecule has 0 aliphatic heterocycles. The van der Waals surface area contributed by atoms with Crippen LogP contribution in [0.4, 0.5) is 0 Å². The minimum absolute atomic E-state index is 0.00692. The molecule has 0 aliphatic rings. The summed E-state index contributed by atoms with van der Waals surface area (Å²) >= 11 is 0. The average molecular weight is 240 g/mol. The number of hydrogen-bond donors (Lipinski definition) is 1. The van der Waals surface area contributed by atoms with Gasteiger partial charge in [-0.15, -0.1) is 0 Å². The van der Waals surface area contributed by atoms with Gasteiger partial charge in [-0.3, -0.25) is 0 Å². The van der Waals surface area contributed by atoms with Crippen LogP contribution in [0.5, 0.6) is 11.5 Å². The minimum Gasteiger partial charge on any atom is -0.497 e. The smallest absolute Gasteiger partial charge is 0.341 e. The van der Waals surface area contributed by atoms with Gasteiger partial charge in [-0.2, -0.15) is 0 Å². The van der Waals surface area contributed by atoms with Crippen LogP contribution >= 0.6 is 0 Å². The zero-order valence-corrected chi connectivity index (χ0v) is 9.93. The molecule has 0 fully saturated rings. The van der Waals surface area contributed by atoms with Crippen molar-refractivity contribution in [2.24, 2.45) is 0 Å². The standard InChI is InChI=1S/C12H16O5/c1-15-9-4-5-10(11(8-9)16-2)12(14)17-7-3-6-13/h4-5,8,13H,3,6-7H2,1-2H3. The molecule has 1 rings (SSSR count). The van der Waals surface area contributed by atoms with Crippen molar-refractivity contribution in [3.63, 3.8) is 0 Å². The summed E-state index contributed by atoms with van der Waals surface area (Å²) in [5.41, 5.74) is 0.339. The highest BCUT2D eigenvalue weighted by Crippen LogP contribution is 2.25. The van der Waals surface area contributed by atoms with Crippen LogP contribution in [0.15, 0.2) is 18.2 Å². The van der Waals surface area contributed by atoms with E-state index in [2.05, 4.69) is 0 Å². The number of esters is 1. The SMILES string of the molecule is COc1ccc(C(=O)OCCCO)c(OC)c1. The van der Waals surface area contributed by atoms with Crippen LogP contribution in [0.25, 0.3) is 0 Å². The van der Waals surface area contributed by atoms with Gasteiger partial charge in [-0.1, -0.05) is 0 Å². The molecule has 1 aromatic carbocycles. The Morgan fingerprint density at radius 3 is 2.65 bits per heavy atom. The molecule has 0 aliphatic carbocycles. The number of ether oxygens (including phenoxy) is 3. The highest BCUT2D eigenvalue weighted by molar-refractivity contribution is 5.92. The van der Waals surface area contributed by atoms with Gasteiger partial charge < -0.3 is 19.3 Å². The van der Waals surface area contributed by atoms with Gasteiger partial charge in [-0.05, 0) is 12.1 Å². The first-order valence-corrected chi connectivity index (χ1v) is 5.23. The number of rotatable bonds is 6. The molecule has 0 bridgehead atoms. The summed E-state index contributed by atoms with van der Waals surface area (Å²) in [7, 11) is 3.01. The Hall–Kier alpha value is -1.75. The molecular formula is C12H16O5. The van der Waals surface area contributed by atoms with Crippen molar-refractivity contribution in [3.8, 4) is 11.5 Å². The monoisotopic (exact) mass is 240 g/mol. The van der Waals surface area contributed by atoms with Crippen LogP contribution in [0.2, 0.25) is 0 Å². The second-order valence-corrected chi connectivity index (χ2v) is 3.28. The number of benzene rings is 1. The second kappa shape index (κ2) is 6.75. The summed E-state index contributed by atoms with van der Waals surface area (Å²) in [6.07, 6.45) is 0.421. The number of aliphatic hydroxyl groups excluding tert-OH is 1. The fourth-order valence-electron chi connectivity index (χ4n) is 1.27. The van der Waals surface area contributed by atoms with Gasteiger partial charge in [0.25, 0.3) is 0 Å². The molecule has 94 valence electrons. The molecule has 0 amide bonds. The summed E-state index contributed by atoms with van der Waals surface area (Å²) in [5.74, 6) is 0.532. The minimum atomic E-state index is -0.474. The second-order valence-electron chi connectivity index (χ2n) is 3.28. The first-order chi connectivity index (χ1) is 8.22. The highest BCUT2D eigenvalue weighted by atomic mass is 16.5. The molecule has 0 saturated heterocycles. The Morgan fingerprint density at radius 1 is 1.29 bits per heavy atom. The maximum Gasteiger partial charge on any atom is 0.341 e. The van der Waals surface area contributed by atoms with Gasteiger partial charge in [0.05, 0.1) is 20.8 Å². The third-order valence-corrected chi connectivity index (χ3v) is 2.16. The molecular weight excluding hydrogens is 224 g/mol. The number of hydrogen-bond acceptors (Lipinski definition) is 5. The van der Waals surface area contributed by atoms with Crippen LogP contribution in [-0.2, 0) is 4.74 Å². The van der Waals surface area contributed by atoms with Crippen LogP contribution in [-0.4, -0.2) is 38.5 Å². The molecule has 5 nitrogen and oxygen atoms in total. The van der Waals surface area contributed by atoms with Crippen molar-refractivity contribution in [1.29, 1.82) is 0 Å². The van der Waals surface area contributed by atoms with E-state index in [9.17, 15) is 4.79 Å². The topological polar surface area (TPSA) is 65.0 Å². The van der Waals surface area contributed by atoms with Crippen molar-refractivity contribution in [3.05, 3.63) is 23.8 Å². The van der Waals surface area contributed by atoms with Crippen LogP contribution in [0, 0.1) is 0 Å². The quantitative estimate of drug-likeness (QED) is 0.598. The normalized spacial score (nSPS) is 9.82. The molecule has 5 heteroatoms. The third-order valence-electron chi connectivity index (χ3n) is 2.16. The lowest BCUT2D eigenvalue weighted by Gasteiger charge is -2.09. The molecule has 0 radical (unpaired) electrons. The van der Waals surface area contributed by atoms with E-state index < -0.39 is 5.97 Å². The predicted octanol–water partition coefficient (Wildman–Crippen LogP) is 1.24. The molecule has 1 aromatic rings. The fraction of sp³-hybridized carbons (Fsp3) is 0.417. The van der Waals surface area contributed by atoms with E-state index in [0.717, 1.165) is 0 Å². The van der Waals surface area contributed by atoms with Crippen LogP contribution in [0.1, 0.15) is 16.8 Å². The third kappa shape index (κ3) is 3.64. The van der Waals surface area contributed by atoms with E-state index in [1.54, 1.807) is 18.2 Å². The predicted molar refractivity (Wildman–Crippen MR) is 61.5 cm³/mol. The maximum absolute atomic E-state index is 11.7. The Morgan fingerprint density at radius 2 is 2.06 bits per heavy atom. The maximum atomic E-state index is 11.7. The molecule has 0 spiro atoms. The highest BCUT2D eigenvalue weighted by Gasteiger charge is 2.14. The summed E-state index contributed by atoms with van der Waals surface area (Å²) in [4.78, 5) is 11.7. The first kappa shape index (κ1) is 13.3. The van der Waals surface area contributed by atoms with E-state index in [0.29, 0.717) is 23.5 Å². The lowest BCUT2D eigenvalue weighted by atomic mass is 10.2. The number of carbonyl (C=O) groups is 1. The van der Waals surface area contributed by atoms with Crippen molar-refractivity contribution in [1.82, 2.24) is 0 Å². The van der Waals surface area contributed by atoms with Crippen molar-refractivity contribution in [2.75, 3.05) is 27.4 Å². The first-order valence-electron chi connectivity index (χ1n) is 5.23. The number of methoxy groups -OCH3 is 2. The molecule has 1 N–H and O–H groups in total. The van der Waals surface area contributed by atoms with E-state index in [1.807, 2.05) is 0 Å². The van der Waals surface area contributed by atoms with Gasteiger partial charge in [0, 0.05) is 19.1 Å². The van der Waals surface area contributed by atoms with Crippen molar-refractivity contribution < 1.29 is 24.1 Å². The lowest BCUT2D eigenvalue weighted by molar-refractivity contribution is 0.0478. The fourth-order valence-corrected chi connectivity index (χ4v) is 1.27. The van der Waals surface area contributed by atoms with E-state index >= 15 is 0 Å². The van der Waals surface area contributed by atoms with Crippen molar-refractivity contribution >= 4 is 5.97 Å². The molecule has 17 heavy (non-hydrogen) atoms. The Balaban J connectivity index is 2.78. The largest absolute Gasteiger partial charge is 0.497 e. The van der Waals surface area contributed by atoms with Crippen molar-refractivity contribution in [2.45, 2.75) is 6.42 Å². The van der Waals surface area contributed by atoms with Gasteiger partial charge in [0.15, 0.2) is 0 Å². The summed E-state index contributed by atoms with van der Waals surface area (Å²) in [6.45, 7) is 0.178. The Kier molecular flexibility index (Phi) is 5.29. The molecule has 0 heterocycles. The van der Waals surface area contributed by atoms with E-state index in [4.69, 9.17) is 19.3 Å². The van der Waals surface area contributed by atoms with Gasteiger partial charge in [0.2, 0.25) is 0 Å².